The minimum atomic E-state index is 0.237. The summed E-state index contributed by atoms with van der Waals surface area (Å²) in [4.78, 5) is 5.12. The zero-order valence-electron chi connectivity index (χ0n) is 8.11. The second-order valence-corrected chi connectivity index (χ2v) is 4.84. The summed E-state index contributed by atoms with van der Waals surface area (Å²) in [6.07, 6.45) is 1.32. The fourth-order valence-corrected chi connectivity index (χ4v) is 2.26. The van der Waals surface area contributed by atoms with Gasteiger partial charge in [0.25, 0.3) is 0 Å². The van der Waals surface area contributed by atoms with E-state index in [-0.39, 0.29) is 6.04 Å². The van der Waals surface area contributed by atoms with Crippen LogP contribution in [0.1, 0.15) is 23.7 Å². The second kappa shape index (κ2) is 4.74. The van der Waals surface area contributed by atoms with Gasteiger partial charge in [-0.05, 0) is 19.1 Å². The average molecular weight is 244 g/mol. The normalized spacial score (nSPS) is 12.9. The van der Waals surface area contributed by atoms with Crippen LogP contribution >= 0.6 is 22.9 Å². The van der Waals surface area contributed by atoms with E-state index in [1.165, 1.54) is 11.3 Å². The molecule has 0 radical (unpaired) electrons. The molecular formula is C9H10ClN3OS. The number of thiophene rings is 1. The monoisotopic (exact) mass is 243 g/mol. The van der Waals surface area contributed by atoms with E-state index in [1.807, 2.05) is 12.1 Å². The molecular weight excluding hydrogens is 234 g/mol. The van der Waals surface area contributed by atoms with Gasteiger partial charge in [0.2, 0.25) is 6.39 Å². The van der Waals surface area contributed by atoms with E-state index in [9.17, 15) is 0 Å². The lowest BCUT2D eigenvalue weighted by molar-refractivity contribution is 0.405. The van der Waals surface area contributed by atoms with Crippen molar-refractivity contribution in [2.24, 2.45) is 0 Å². The van der Waals surface area contributed by atoms with Crippen molar-refractivity contribution in [3.8, 4) is 0 Å². The molecule has 0 saturated carbocycles. The molecule has 6 heteroatoms. The molecule has 0 amide bonds. The lowest BCUT2D eigenvalue weighted by Gasteiger charge is -2.09. The highest BCUT2D eigenvalue weighted by Crippen LogP contribution is 2.26. The van der Waals surface area contributed by atoms with Gasteiger partial charge in [-0.15, -0.1) is 11.3 Å². The molecule has 0 spiro atoms. The zero-order chi connectivity index (χ0) is 10.7. The van der Waals surface area contributed by atoms with E-state index in [2.05, 4.69) is 26.9 Å². The number of rotatable bonds is 4. The van der Waals surface area contributed by atoms with Crippen LogP contribution in [0.5, 0.6) is 0 Å². The van der Waals surface area contributed by atoms with Crippen LogP contribution in [0.2, 0.25) is 4.34 Å². The lowest BCUT2D eigenvalue weighted by atomic mass is 10.3. The van der Waals surface area contributed by atoms with Gasteiger partial charge in [-0.3, -0.25) is 0 Å². The van der Waals surface area contributed by atoms with E-state index in [0.717, 1.165) is 4.34 Å². The Morgan fingerprint density at radius 2 is 2.47 bits per heavy atom. The highest BCUT2D eigenvalue weighted by molar-refractivity contribution is 7.16. The van der Waals surface area contributed by atoms with Crippen molar-refractivity contribution in [3.05, 3.63) is 33.6 Å². The molecule has 1 N–H and O–H groups in total. The van der Waals surface area contributed by atoms with Gasteiger partial charge in [0, 0.05) is 10.9 Å². The third-order valence-electron chi connectivity index (χ3n) is 1.99. The van der Waals surface area contributed by atoms with Crippen molar-refractivity contribution >= 4 is 22.9 Å². The lowest BCUT2D eigenvalue weighted by Crippen LogP contribution is -2.17. The van der Waals surface area contributed by atoms with Crippen LogP contribution in [0.25, 0.3) is 0 Å². The van der Waals surface area contributed by atoms with Crippen LogP contribution in [-0.4, -0.2) is 10.1 Å². The van der Waals surface area contributed by atoms with Crippen molar-refractivity contribution in [1.29, 1.82) is 0 Å². The Morgan fingerprint density at radius 3 is 3.07 bits per heavy atom. The number of nitrogens with one attached hydrogen (secondary N) is 1. The third-order valence-corrected chi connectivity index (χ3v) is 3.41. The Morgan fingerprint density at radius 1 is 1.60 bits per heavy atom. The van der Waals surface area contributed by atoms with Crippen molar-refractivity contribution in [1.82, 2.24) is 15.5 Å². The predicted octanol–water partition coefficient (Wildman–Crippen LogP) is 2.64. The van der Waals surface area contributed by atoms with E-state index in [4.69, 9.17) is 11.6 Å². The van der Waals surface area contributed by atoms with Crippen LogP contribution in [0.15, 0.2) is 23.0 Å². The summed E-state index contributed by atoms with van der Waals surface area (Å²) in [5.41, 5.74) is 0. The maximum Gasteiger partial charge on any atom is 0.213 e. The van der Waals surface area contributed by atoms with E-state index in [0.29, 0.717) is 12.4 Å². The standard InChI is InChI=1S/C9H10ClN3OS/c1-6(7-2-3-8(10)15-7)11-4-9-12-5-14-13-9/h2-3,5-6,11H,4H2,1H3. The fourth-order valence-electron chi connectivity index (χ4n) is 1.18. The Hall–Kier alpha value is -0.910. The summed E-state index contributed by atoms with van der Waals surface area (Å²) in [5, 5.41) is 7.00. The molecule has 0 saturated heterocycles. The predicted molar refractivity (Wildman–Crippen MR) is 58.9 cm³/mol. The van der Waals surface area contributed by atoms with Crippen molar-refractivity contribution in [3.63, 3.8) is 0 Å². The summed E-state index contributed by atoms with van der Waals surface area (Å²) < 4.78 is 5.44. The van der Waals surface area contributed by atoms with Gasteiger partial charge in [-0.25, -0.2) is 0 Å². The smallest absolute Gasteiger partial charge is 0.213 e. The molecule has 1 atom stereocenters. The Balaban J connectivity index is 1.90. The molecule has 15 heavy (non-hydrogen) atoms. The highest BCUT2D eigenvalue weighted by atomic mass is 35.5. The number of aromatic nitrogens is 2. The molecule has 2 heterocycles. The minimum Gasteiger partial charge on any atom is -0.343 e. The molecule has 0 bridgehead atoms. The minimum absolute atomic E-state index is 0.237. The SMILES string of the molecule is CC(NCc1ncon1)c1ccc(Cl)s1. The summed E-state index contributed by atoms with van der Waals surface area (Å²) in [7, 11) is 0. The van der Waals surface area contributed by atoms with Gasteiger partial charge in [-0.2, -0.15) is 4.98 Å². The van der Waals surface area contributed by atoms with E-state index in [1.54, 1.807) is 11.3 Å². The molecule has 2 aromatic heterocycles. The van der Waals surface area contributed by atoms with Crippen LogP contribution in [0, 0.1) is 0 Å². The largest absolute Gasteiger partial charge is 0.343 e. The molecule has 0 fully saturated rings. The summed E-state index contributed by atoms with van der Waals surface area (Å²) in [6.45, 7) is 2.66. The first-order valence-electron chi connectivity index (χ1n) is 4.49. The van der Waals surface area contributed by atoms with Crippen LogP contribution in [-0.2, 0) is 6.54 Å². The fraction of sp³-hybridized carbons (Fsp3) is 0.333. The van der Waals surface area contributed by atoms with Gasteiger partial charge >= 0.3 is 0 Å². The third kappa shape index (κ3) is 2.77. The molecule has 2 rings (SSSR count). The van der Waals surface area contributed by atoms with Gasteiger partial charge in [0.15, 0.2) is 5.82 Å². The average Bonchev–Trinajstić information content (AvgIpc) is 2.84. The molecule has 1 unspecified atom stereocenters. The second-order valence-electron chi connectivity index (χ2n) is 3.09. The van der Waals surface area contributed by atoms with Crippen molar-refractivity contribution in [2.45, 2.75) is 19.5 Å². The maximum atomic E-state index is 5.86. The molecule has 80 valence electrons. The first kappa shape index (κ1) is 10.6. The number of hydrogen-bond acceptors (Lipinski definition) is 5. The van der Waals surface area contributed by atoms with Crippen LogP contribution < -0.4 is 5.32 Å². The molecule has 0 aromatic carbocycles. The van der Waals surface area contributed by atoms with E-state index < -0.39 is 0 Å². The van der Waals surface area contributed by atoms with Gasteiger partial charge in [0.05, 0.1) is 10.9 Å². The van der Waals surface area contributed by atoms with Gasteiger partial charge in [-0.1, -0.05) is 16.8 Å². The Labute approximate surface area is 96.3 Å². The molecule has 0 aliphatic heterocycles. The maximum absolute atomic E-state index is 5.86. The molecule has 2 aromatic rings. The first-order valence-corrected chi connectivity index (χ1v) is 5.69. The van der Waals surface area contributed by atoms with E-state index >= 15 is 0 Å². The number of halogens is 1. The number of nitrogens with zero attached hydrogens (tertiary/aromatic N) is 2. The Bertz CT molecular complexity index is 415. The quantitative estimate of drug-likeness (QED) is 0.897. The highest BCUT2D eigenvalue weighted by Gasteiger charge is 2.08. The zero-order valence-corrected chi connectivity index (χ0v) is 9.68. The summed E-state index contributed by atoms with van der Waals surface area (Å²) >= 11 is 7.43. The van der Waals surface area contributed by atoms with Crippen LogP contribution in [0.4, 0.5) is 0 Å². The number of hydrogen-bond donors (Lipinski definition) is 1. The topological polar surface area (TPSA) is 51.0 Å². The van der Waals surface area contributed by atoms with Crippen molar-refractivity contribution in [2.75, 3.05) is 0 Å². The first-order chi connectivity index (χ1) is 7.25. The van der Waals surface area contributed by atoms with Crippen molar-refractivity contribution < 1.29 is 4.52 Å². The van der Waals surface area contributed by atoms with Gasteiger partial charge < -0.3 is 9.84 Å². The summed E-state index contributed by atoms with van der Waals surface area (Å²) in [6, 6.07) is 4.15. The molecule has 0 aliphatic carbocycles. The molecule has 0 aliphatic rings. The Kier molecular flexibility index (Phi) is 3.35. The van der Waals surface area contributed by atoms with Gasteiger partial charge in [0.1, 0.15) is 0 Å². The molecule has 4 nitrogen and oxygen atoms in total. The summed E-state index contributed by atoms with van der Waals surface area (Å²) in [5.74, 6) is 0.657. The van der Waals surface area contributed by atoms with Crippen LogP contribution in [0.3, 0.4) is 0 Å².